The molecule has 0 radical (unpaired) electrons. The molecule has 1 aliphatic heterocycles. The Bertz CT molecular complexity index is 2330. The van der Waals surface area contributed by atoms with Crippen molar-refractivity contribution < 1.29 is 0 Å². The van der Waals surface area contributed by atoms with E-state index in [1.165, 1.54) is 47.5 Å². The lowest BCUT2D eigenvalue weighted by atomic mass is 10.1. The Morgan fingerprint density at radius 2 is 1.25 bits per heavy atom. The van der Waals surface area contributed by atoms with Crippen LogP contribution in [0, 0.1) is 0 Å². The number of rotatable bonds is 4. The molecule has 0 spiro atoms. The number of hydrogen-bond donors (Lipinski definition) is 2. The summed E-state index contributed by atoms with van der Waals surface area (Å²) in [5.41, 5.74) is 6.95. The molecule has 9 rings (SSSR count). The molecular formula is C39H28N4S. The summed E-state index contributed by atoms with van der Waals surface area (Å²) in [4.78, 5) is 5.13. The van der Waals surface area contributed by atoms with E-state index in [0.717, 1.165) is 22.6 Å². The minimum absolute atomic E-state index is 0.0605. The van der Waals surface area contributed by atoms with Crippen LogP contribution in [0.3, 0.4) is 0 Å². The van der Waals surface area contributed by atoms with Crippen LogP contribution in [-0.2, 0) is 0 Å². The van der Waals surface area contributed by atoms with E-state index in [-0.39, 0.29) is 12.3 Å². The Morgan fingerprint density at radius 3 is 2.05 bits per heavy atom. The maximum absolute atomic E-state index is 5.13. The Hall–Kier alpha value is -5.23. The third kappa shape index (κ3) is 4.05. The normalized spacial score (nSPS) is 16.9. The zero-order valence-corrected chi connectivity index (χ0v) is 24.6. The van der Waals surface area contributed by atoms with Crippen molar-refractivity contribution in [2.75, 3.05) is 0 Å². The van der Waals surface area contributed by atoms with Crippen LogP contribution in [-0.4, -0.2) is 10.4 Å². The molecule has 44 heavy (non-hydrogen) atoms. The highest BCUT2D eigenvalue weighted by Gasteiger charge is 2.25. The maximum Gasteiger partial charge on any atom is 0.131 e. The first-order chi connectivity index (χ1) is 21.8. The van der Waals surface area contributed by atoms with Gasteiger partial charge in [-0.1, -0.05) is 103 Å². The zero-order valence-electron chi connectivity index (χ0n) is 23.8. The van der Waals surface area contributed by atoms with E-state index in [2.05, 4.69) is 155 Å². The molecule has 5 heteroatoms. The molecule has 0 amide bonds. The van der Waals surface area contributed by atoms with Gasteiger partial charge in [-0.2, -0.15) is 0 Å². The first-order valence-electron chi connectivity index (χ1n) is 15.0. The van der Waals surface area contributed by atoms with Crippen molar-refractivity contribution in [2.24, 2.45) is 4.99 Å². The largest absolute Gasteiger partial charge is 0.350 e. The zero-order chi connectivity index (χ0) is 29.0. The summed E-state index contributed by atoms with van der Waals surface area (Å²) in [7, 11) is 0. The van der Waals surface area contributed by atoms with Crippen LogP contribution in [0.4, 0.5) is 0 Å². The molecule has 2 atom stereocenters. The molecule has 0 saturated carbocycles. The van der Waals surface area contributed by atoms with Gasteiger partial charge in [0.2, 0.25) is 0 Å². The number of aliphatic imine (C=N–C) groups is 1. The summed E-state index contributed by atoms with van der Waals surface area (Å²) in [6.45, 7) is 0. The number of nitrogens with one attached hydrogen (secondary N) is 2. The van der Waals surface area contributed by atoms with Crippen molar-refractivity contribution in [3.8, 4) is 5.69 Å². The molecule has 210 valence electrons. The van der Waals surface area contributed by atoms with Crippen molar-refractivity contribution in [3.05, 3.63) is 162 Å². The Morgan fingerprint density at radius 1 is 0.568 bits per heavy atom. The van der Waals surface area contributed by atoms with Crippen molar-refractivity contribution >= 4 is 59.2 Å². The fourth-order valence-electron chi connectivity index (χ4n) is 6.61. The van der Waals surface area contributed by atoms with Crippen molar-refractivity contribution in [2.45, 2.75) is 12.3 Å². The van der Waals surface area contributed by atoms with Gasteiger partial charge in [0.05, 0.1) is 11.0 Å². The van der Waals surface area contributed by atoms with E-state index in [9.17, 15) is 0 Å². The second kappa shape index (κ2) is 10.2. The highest BCUT2D eigenvalue weighted by atomic mass is 32.1. The van der Waals surface area contributed by atoms with Crippen molar-refractivity contribution in [3.63, 3.8) is 0 Å². The molecule has 0 fully saturated rings. The number of thiophene rings is 1. The smallest absolute Gasteiger partial charge is 0.131 e. The fraction of sp³-hybridized carbons (Fsp3) is 0.0513. The minimum atomic E-state index is -0.154. The van der Waals surface area contributed by atoms with Crippen LogP contribution < -0.4 is 10.6 Å². The fourth-order valence-corrected chi connectivity index (χ4v) is 7.87. The third-order valence-corrected chi connectivity index (χ3v) is 9.90. The molecule has 0 saturated heterocycles. The molecular weight excluding hydrogens is 557 g/mol. The van der Waals surface area contributed by atoms with Gasteiger partial charge in [-0.15, -0.1) is 11.3 Å². The van der Waals surface area contributed by atoms with Crippen LogP contribution in [0.2, 0.25) is 0 Å². The van der Waals surface area contributed by atoms with Gasteiger partial charge in [-0.25, -0.2) is 4.99 Å². The number of benzene rings is 6. The molecule has 2 unspecified atom stereocenters. The summed E-state index contributed by atoms with van der Waals surface area (Å²) < 4.78 is 5.08. The second-order valence-electron chi connectivity index (χ2n) is 11.3. The summed E-state index contributed by atoms with van der Waals surface area (Å²) in [5, 5.41) is 12.6. The van der Waals surface area contributed by atoms with Crippen LogP contribution in [0.25, 0.3) is 47.7 Å². The first-order valence-corrected chi connectivity index (χ1v) is 15.8. The van der Waals surface area contributed by atoms with Gasteiger partial charge in [0.15, 0.2) is 0 Å². The lowest BCUT2D eigenvalue weighted by Crippen LogP contribution is -2.44. The number of nitrogens with zero attached hydrogens (tertiary/aromatic N) is 2. The lowest BCUT2D eigenvalue weighted by Gasteiger charge is -2.32. The monoisotopic (exact) mass is 584 g/mol. The highest BCUT2D eigenvalue weighted by molar-refractivity contribution is 7.26. The highest BCUT2D eigenvalue weighted by Crippen LogP contribution is 2.43. The van der Waals surface area contributed by atoms with Gasteiger partial charge in [-0.05, 0) is 53.6 Å². The van der Waals surface area contributed by atoms with E-state index < -0.39 is 0 Å². The third-order valence-electron chi connectivity index (χ3n) is 8.69. The van der Waals surface area contributed by atoms with Crippen LogP contribution in [0.5, 0.6) is 0 Å². The summed E-state index contributed by atoms with van der Waals surface area (Å²) in [6.07, 6.45) is -0.215. The number of para-hydroxylation sites is 1. The molecule has 4 nitrogen and oxygen atoms in total. The molecule has 6 aromatic carbocycles. The van der Waals surface area contributed by atoms with Crippen molar-refractivity contribution in [1.29, 1.82) is 0 Å². The second-order valence-corrected chi connectivity index (χ2v) is 12.3. The summed E-state index contributed by atoms with van der Waals surface area (Å²) in [5.74, 6) is 0.882. The average Bonchev–Trinajstić information content (AvgIpc) is 3.65. The number of aromatic nitrogens is 1. The quantitative estimate of drug-likeness (QED) is 0.216. The standard InChI is InChI=1S/C39H28N4S/c1-3-11-25(12-4-1)37-40-38(26-13-5-2-6-14-26)42-39(41-37)27-19-21-28(22-20-27)43-32-17-9-7-16-31(32)35-33(43)24-23-30-29-15-8-10-18-34(29)44-36(30)35/h1-24,37-38,40H,(H,41,42). The number of fused-ring (bicyclic) bond motifs is 7. The molecule has 8 aromatic rings. The van der Waals surface area contributed by atoms with E-state index in [1.54, 1.807) is 0 Å². The summed E-state index contributed by atoms with van der Waals surface area (Å²) >= 11 is 1.89. The van der Waals surface area contributed by atoms with E-state index in [4.69, 9.17) is 4.99 Å². The van der Waals surface area contributed by atoms with E-state index >= 15 is 0 Å². The van der Waals surface area contributed by atoms with Gasteiger partial charge in [0.1, 0.15) is 18.2 Å². The van der Waals surface area contributed by atoms with E-state index in [1.807, 2.05) is 17.4 Å². The van der Waals surface area contributed by atoms with Gasteiger partial charge in [-0.3, -0.25) is 5.32 Å². The minimum Gasteiger partial charge on any atom is -0.350 e. The van der Waals surface area contributed by atoms with Gasteiger partial charge in [0.25, 0.3) is 0 Å². The Balaban J connectivity index is 1.16. The first kappa shape index (κ1) is 25.3. The van der Waals surface area contributed by atoms with Crippen LogP contribution in [0.15, 0.2) is 151 Å². The predicted molar refractivity (Wildman–Crippen MR) is 185 cm³/mol. The summed E-state index contributed by atoms with van der Waals surface area (Å²) in [6, 6.07) is 51.8. The van der Waals surface area contributed by atoms with Crippen LogP contribution in [0.1, 0.15) is 29.0 Å². The molecule has 3 heterocycles. The predicted octanol–water partition coefficient (Wildman–Crippen LogP) is 9.49. The maximum atomic E-state index is 5.13. The Labute approximate surface area is 258 Å². The number of hydrogen-bond acceptors (Lipinski definition) is 4. The molecule has 0 aliphatic carbocycles. The number of amidine groups is 1. The molecule has 0 bridgehead atoms. The lowest BCUT2D eigenvalue weighted by molar-refractivity contribution is 0.409. The average molecular weight is 585 g/mol. The van der Waals surface area contributed by atoms with Gasteiger partial charge in [0, 0.05) is 42.2 Å². The van der Waals surface area contributed by atoms with Gasteiger partial charge < -0.3 is 9.88 Å². The SMILES string of the molecule is c1ccc(C2N=C(c3ccc(-n4c5ccccc5c5c6sc7ccccc7c6ccc54)cc3)NC(c3ccccc3)N2)cc1. The molecule has 2 aromatic heterocycles. The molecule has 2 N–H and O–H groups in total. The van der Waals surface area contributed by atoms with E-state index in [0.29, 0.717) is 0 Å². The topological polar surface area (TPSA) is 41.4 Å². The Kier molecular flexibility index (Phi) is 5.86. The van der Waals surface area contributed by atoms with Crippen molar-refractivity contribution in [1.82, 2.24) is 15.2 Å². The molecule has 1 aliphatic rings. The van der Waals surface area contributed by atoms with Crippen LogP contribution >= 0.6 is 11.3 Å². The van der Waals surface area contributed by atoms with Gasteiger partial charge >= 0.3 is 0 Å².